The molecule has 0 bridgehead atoms. The standard InChI is InChI=1S/C10H9F2N3O3S/c11-10(12)18-8-3-1-2-7(4-8)15-19(16,17)9-5-13-6-14-9/h1-6,10,15H,(H,13,14). The quantitative estimate of drug-likeness (QED) is 0.879. The van der Waals surface area contributed by atoms with Crippen LogP contribution < -0.4 is 9.46 Å². The van der Waals surface area contributed by atoms with Gasteiger partial charge < -0.3 is 9.72 Å². The summed E-state index contributed by atoms with van der Waals surface area (Å²) in [4.78, 5) is 6.02. The monoisotopic (exact) mass is 289 g/mol. The van der Waals surface area contributed by atoms with E-state index in [2.05, 4.69) is 19.4 Å². The zero-order valence-corrected chi connectivity index (χ0v) is 10.2. The van der Waals surface area contributed by atoms with Gasteiger partial charge in [0.25, 0.3) is 10.0 Å². The third-order valence-electron chi connectivity index (χ3n) is 2.07. The fraction of sp³-hybridized carbons (Fsp3) is 0.100. The van der Waals surface area contributed by atoms with E-state index >= 15 is 0 Å². The number of H-pyrrole nitrogens is 1. The van der Waals surface area contributed by atoms with E-state index in [1.54, 1.807) is 0 Å². The third kappa shape index (κ3) is 3.41. The first kappa shape index (κ1) is 13.3. The maximum absolute atomic E-state index is 12.0. The Bertz CT molecular complexity index is 644. The summed E-state index contributed by atoms with van der Waals surface area (Å²) in [5, 5.41) is -0.132. The first-order valence-electron chi connectivity index (χ1n) is 5.03. The molecule has 0 aliphatic heterocycles. The fourth-order valence-corrected chi connectivity index (χ4v) is 2.29. The number of benzene rings is 1. The molecule has 1 heterocycles. The molecular formula is C10H9F2N3O3S. The van der Waals surface area contributed by atoms with Crippen LogP contribution in [0.3, 0.4) is 0 Å². The SMILES string of the molecule is O=S(=O)(Nc1cccc(OC(F)F)c1)c1cnc[nH]1. The Morgan fingerprint density at radius 2 is 2.16 bits per heavy atom. The molecule has 0 spiro atoms. The lowest BCUT2D eigenvalue weighted by Crippen LogP contribution is -2.13. The van der Waals surface area contributed by atoms with Crippen LogP contribution in [-0.4, -0.2) is 25.0 Å². The minimum absolute atomic E-state index is 0.104. The second kappa shape index (κ2) is 5.22. The third-order valence-corrected chi connectivity index (χ3v) is 3.38. The molecule has 0 saturated carbocycles. The lowest BCUT2D eigenvalue weighted by Gasteiger charge is -2.08. The van der Waals surface area contributed by atoms with Crippen LogP contribution in [0, 0.1) is 0 Å². The van der Waals surface area contributed by atoms with Crippen molar-refractivity contribution >= 4 is 15.7 Å². The van der Waals surface area contributed by atoms with Gasteiger partial charge in [-0.3, -0.25) is 4.72 Å². The molecule has 0 radical (unpaired) electrons. The number of sulfonamides is 1. The summed E-state index contributed by atoms with van der Waals surface area (Å²) in [5.74, 6) is -0.139. The van der Waals surface area contributed by atoms with E-state index < -0.39 is 16.6 Å². The highest BCUT2D eigenvalue weighted by atomic mass is 32.2. The van der Waals surface area contributed by atoms with Crippen molar-refractivity contribution in [2.75, 3.05) is 4.72 Å². The molecule has 102 valence electrons. The molecule has 19 heavy (non-hydrogen) atoms. The van der Waals surface area contributed by atoms with Crippen molar-refractivity contribution in [3.8, 4) is 5.75 Å². The average Bonchev–Trinajstić information content (AvgIpc) is 2.81. The smallest absolute Gasteiger partial charge is 0.387 e. The van der Waals surface area contributed by atoms with Crippen LogP contribution >= 0.6 is 0 Å². The van der Waals surface area contributed by atoms with Gasteiger partial charge in [-0.15, -0.1) is 0 Å². The molecule has 0 saturated heterocycles. The molecule has 6 nitrogen and oxygen atoms in total. The lowest BCUT2D eigenvalue weighted by atomic mass is 10.3. The van der Waals surface area contributed by atoms with E-state index in [0.717, 1.165) is 12.3 Å². The van der Waals surface area contributed by atoms with Crippen LogP contribution in [0.2, 0.25) is 0 Å². The number of halogens is 2. The van der Waals surface area contributed by atoms with E-state index in [1.165, 1.54) is 24.5 Å². The van der Waals surface area contributed by atoms with Gasteiger partial charge in [0, 0.05) is 6.07 Å². The molecule has 0 unspecified atom stereocenters. The number of nitrogens with zero attached hydrogens (tertiary/aromatic N) is 1. The Kier molecular flexibility index (Phi) is 3.65. The number of ether oxygens (including phenoxy) is 1. The summed E-state index contributed by atoms with van der Waals surface area (Å²) in [6.45, 7) is -2.97. The summed E-state index contributed by atoms with van der Waals surface area (Å²) in [6, 6.07) is 5.25. The van der Waals surface area contributed by atoms with Gasteiger partial charge in [0.1, 0.15) is 5.75 Å². The fourth-order valence-electron chi connectivity index (χ4n) is 1.34. The van der Waals surface area contributed by atoms with Crippen LogP contribution in [0.15, 0.2) is 41.8 Å². The normalized spacial score (nSPS) is 11.5. The Morgan fingerprint density at radius 3 is 2.79 bits per heavy atom. The number of rotatable bonds is 5. The van der Waals surface area contributed by atoms with Crippen molar-refractivity contribution in [1.82, 2.24) is 9.97 Å². The predicted molar refractivity (Wildman–Crippen MR) is 62.5 cm³/mol. The Hall–Kier alpha value is -2.16. The number of anilines is 1. The molecule has 1 aromatic carbocycles. The molecule has 0 aliphatic rings. The molecule has 2 rings (SSSR count). The maximum atomic E-state index is 12.0. The van der Waals surface area contributed by atoms with E-state index in [9.17, 15) is 17.2 Å². The molecule has 0 amide bonds. The average molecular weight is 289 g/mol. The lowest BCUT2D eigenvalue weighted by molar-refractivity contribution is -0.0497. The van der Waals surface area contributed by atoms with Gasteiger partial charge in [-0.25, -0.2) is 4.98 Å². The minimum atomic E-state index is -3.83. The molecule has 0 atom stereocenters. The van der Waals surface area contributed by atoms with Crippen molar-refractivity contribution in [2.24, 2.45) is 0 Å². The molecule has 9 heteroatoms. The highest BCUT2D eigenvalue weighted by molar-refractivity contribution is 7.92. The second-order valence-corrected chi connectivity index (χ2v) is 5.08. The van der Waals surface area contributed by atoms with Gasteiger partial charge >= 0.3 is 6.61 Å². The van der Waals surface area contributed by atoms with Gasteiger partial charge in [0.2, 0.25) is 0 Å². The van der Waals surface area contributed by atoms with Gasteiger partial charge in [-0.2, -0.15) is 17.2 Å². The van der Waals surface area contributed by atoms with Gasteiger partial charge in [0.05, 0.1) is 18.2 Å². The first-order valence-corrected chi connectivity index (χ1v) is 6.52. The predicted octanol–water partition coefficient (Wildman–Crippen LogP) is 1.81. The molecular weight excluding hydrogens is 280 g/mol. The second-order valence-electron chi connectivity index (χ2n) is 3.43. The zero-order chi connectivity index (χ0) is 13.9. The maximum Gasteiger partial charge on any atom is 0.387 e. The van der Waals surface area contributed by atoms with Crippen molar-refractivity contribution < 1.29 is 21.9 Å². The van der Waals surface area contributed by atoms with Crippen LogP contribution in [0.1, 0.15) is 0 Å². The zero-order valence-electron chi connectivity index (χ0n) is 9.38. The number of nitrogens with one attached hydrogen (secondary N) is 2. The van der Waals surface area contributed by atoms with Crippen LogP contribution in [0.25, 0.3) is 0 Å². The first-order chi connectivity index (χ1) is 8.97. The van der Waals surface area contributed by atoms with Gasteiger partial charge in [-0.1, -0.05) is 6.07 Å². The molecule has 2 aromatic rings. The summed E-state index contributed by atoms with van der Waals surface area (Å²) >= 11 is 0. The Morgan fingerprint density at radius 1 is 1.37 bits per heavy atom. The highest BCUT2D eigenvalue weighted by Crippen LogP contribution is 2.21. The number of hydrogen-bond donors (Lipinski definition) is 2. The van der Waals surface area contributed by atoms with E-state index in [1.807, 2.05) is 0 Å². The van der Waals surface area contributed by atoms with Crippen LogP contribution in [0.5, 0.6) is 5.75 Å². The topological polar surface area (TPSA) is 84.1 Å². The van der Waals surface area contributed by atoms with Crippen molar-refractivity contribution in [2.45, 2.75) is 11.6 Å². The van der Waals surface area contributed by atoms with E-state index in [4.69, 9.17) is 0 Å². The minimum Gasteiger partial charge on any atom is -0.435 e. The largest absolute Gasteiger partial charge is 0.435 e. The van der Waals surface area contributed by atoms with Gasteiger partial charge in [-0.05, 0) is 12.1 Å². The van der Waals surface area contributed by atoms with Crippen LogP contribution in [0.4, 0.5) is 14.5 Å². The molecule has 2 N–H and O–H groups in total. The summed E-state index contributed by atoms with van der Waals surface area (Å²) in [6.07, 6.45) is 2.34. The van der Waals surface area contributed by atoms with E-state index in [-0.39, 0.29) is 16.5 Å². The Balaban J connectivity index is 2.20. The summed E-state index contributed by atoms with van der Waals surface area (Å²) in [7, 11) is -3.83. The molecule has 0 fully saturated rings. The van der Waals surface area contributed by atoms with Crippen molar-refractivity contribution in [3.05, 3.63) is 36.8 Å². The summed E-state index contributed by atoms with van der Waals surface area (Å²) < 4.78 is 54.1. The number of imidazole rings is 1. The number of alkyl halides is 2. The number of aromatic amines is 1. The number of hydrogen-bond acceptors (Lipinski definition) is 4. The summed E-state index contributed by atoms with van der Waals surface area (Å²) in [5.41, 5.74) is 0.104. The molecule has 1 aromatic heterocycles. The van der Waals surface area contributed by atoms with Crippen molar-refractivity contribution in [1.29, 1.82) is 0 Å². The van der Waals surface area contributed by atoms with Crippen molar-refractivity contribution in [3.63, 3.8) is 0 Å². The van der Waals surface area contributed by atoms with E-state index in [0.29, 0.717) is 0 Å². The Labute approximate surface area is 107 Å². The number of aromatic nitrogens is 2. The van der Waals surface area contributed by atoms with Crippen LogP contribution in [-0.2, 0) is 10.0 Å². The highest BCUT2D eigenvalue weighted by Gasteiger charge is 2.16. The molecule has 0 aliphatic carbocycles. The van der Waals surface area contributed by atoms with Gasteiger partial charge in [0.15, 0.2) is 5.03 Å².